The molecule has 3 rings (SSSR count). The predicted octanol–water partition coefficient (Wildman–Crippen LogP) is 4.58. The summed E-state index contributed by atoms with van der Waals surface area (Å²) in [5, 5.41) is 9.25. The Bertz CT molecular complexity index is 720. The third-order valence-electron chi connectivity index (χ3n) is 3.38. The van der Waals surface area contributed by atoms with Crippen LogP contribution in [0.5, 0.6) is 23.0 Å². The molecule has 1 N–H and O–H groups in total. The third-order valence-corrected chi connectivity index (χ3v) is 3.38. The number of hydrogen-bond donors (Lipinski definition) is 1. The monoisotopic (exact) mass is 326 g/mol. The van der Waals surface area contributed by atoms with Crippen molar-refractivity contribution in [3.8, 4) is 23.0 Å². The van der Waals surface area contributed by atoms with Crippen molar-refractivity contribution in [3.63, 3.8) is 0 Å². The van der Waals surface area contributed by atoms with E-state index in [4.69, 9.17) is 14.2 Å². The van der Waals surface area contributed by atoms with E-state index in [-0.39, 0.29) is 5.75 Å². The summed E-state index contributed by atoms with van der Waals surface area (Å²) in [5.41, 5.74) is 2.22. The second-order valence-electron chi connectivity index (χ2n) is 5.11. The van der Waals surface area contributed by atoms with Crippen LogP contribution in [0.15, 0.2) is 55.1 Å². The molecule has 4 nitrogen and oxygen atoms in total. The van der Waals surface area contributed by atoms with Crippen molar-refractivity contribution in [2.45, 2.75) is 13.3 Å². The van der Waals surface area contributed by atoms with E-state index in [9.17, 15) is 5.11 Å². The molecular weight excluding hydrogens is 304 g/mol. The highest BCUT2D eigenvalue weighted by molar-refractivity contribution is 5.56. The molecule has 0 spiro atoms. The fourth-order valence-corrected chi connectivity index (χ4v) is 2.22. The zero-order valence-electron chi connectivity index (χ0n) is 14.0. The SMILES string of the molecule is C/C=C/c1ccc2c(c1)OCO2.C=CCc1ccc(O)c(OC)c1. The number of phenols is 1. The van der Waals surface area contributed by atoms with Gasteiger partial charge in [0.25, 0.3) is 0 Å². The molecule has 4 heteroatoms. The fourth-order valence-electron chi connectivity index (χ4n) is 2.22. The molecule has 2 aromatic carbocycles. The maximum atomic E-state index is 9.25. The lowest BCUT2D eigenvalue weighted by Crippen LogP contribution is -1.92. The average Bonchev–Trinajstić information content (AvgIpc) is 3.05. The van der Waals surface area contributed by atoms with Crippen LogP contribution in [0.3, 0.4) is 0 Å². The number of aromatic hydroxyl groups is 1. The number of phenolic OH excluding ortho intramolecular Hbond substituents is 1. The molecular formula is C20H22O4. The van der Waals surface area contributed by atoms with Gasteiger partial charge in [0.05, 0.1) is 7.11 Å². The molecule has 1 aliphatic heterocycles. The molecule has 24 heavy (non-hydrogen) atoms. The first-order valence-electron chi connectivity index (χ1n) is 7.67. The maximum Gasteiger partial charge on any atom is 0.231 e. The van der Waals surface area contributed by atoms with Crippen LogP contribution in [-0.2, 0) is 6.42 Å². The molecule has 1 heterocycles. The van der Waals surface area contributed by atoms with Crippen LogP contribution < -0.4 is 14.2 Å². The van der Waals surface area contributed by atoms with Crippen molar-refractivity contribution in [2.75, 3.05) is 13.9 Å². The molecule has 0 bridgehead atoms. The van der Waals surface area contributed by atoms with Gasteiger partial charge in [-0.25, -0.2) is 0 Å². The van der Waals surface area contributed by atoms with Crippen LogP contribution in [0, 0.1) is 0 Å². The molecule has 0 saturated carbocycles. The van der Waals surface area contributed by atoms with E-state index in [1.165, 1.54) is 7.11 Å². The molecule has 0 saturated heterocycles. The first-order chi connectivity index (χ1) is 11.7. The molecule has 126 valence electrons. The zero-order valence-corrected chi connectivity index (χ0v) is 14.0. The highest BCUT2D eigenvalue weighted by Crippen LogP contribution is 2.32. The summed E-state index contributed by atoms with van der Waals surface area (Å²) < 4.78 is 15.4. The summed E-state index contributed by atoms with van der Waals surface area (Å²) >= 11 is 0. The molecule has 0 unspecified atom stereocenters. The lowest BCUT2D eigenvalue weighted by Gasteiger charge is -2.04. The molecule has 0 aromatic heterocycles. The minimum absolute atomic E-state index is 0.172. The van der Waals surface area contributed by atoms with E-state index >= 15 is 0 Å². The number of benzene rings is 2. The topological polar surface area (TPSA) is 47.9 Å². The highest BCUT2D eigenvalue weighted by Gasteiger charge is 2.11. The van der Waals surface area contributed by atoms with Gasteiger partial charge in [0, 0.05) is 0 Å². The normalized spacial score (nSPS) is 11.8. The van der Waals surface area contributed by atoms with Crippen molar-refractivity contribution in [3.05, 3.63) is 66.3 Å². The van der Waals surface area contributed by atoms with Gasteiger partial charge in [-0.05, 0) is 48.7 Å². The van der Waals surface area contributed by atoms with E-state index in [1.807, 2.05) is 49.4 Å². The summed E-state index contributed by atoms with van der Waals surface area (Å²) in [7, 11) is 1.53. The first kappa shape index (κ1) is 17.5. The maximum absolute atomic E-state index is 9.25. The van der Waals surface area contributed by atoms with E-state index in [0.29, 0.717) is 12.5 Å². The van der Waals surface area contributed by atoms with Crippen molar-refractivity contribution in [1.29, 1.82) is 0 Å². The average molecular weight is 326 g/mol. The zero-order chi connectivity index (χ0) is 17.4. The van der Waals surface area contributed by atoms with Gasteiger partial charge in [0.2, 0.25) is 6.79 Å². The number of allylic oxidation sites excluding steroid dienone is 2. The van der Waals surface area contributed by atoms with Crippen LogP contribution in [0.25, 0.3) is 6.08 Å². The number of ether oxygens (including phenoxy) is 3. The van der Waals surface area contributed by atoms with Gasteiger partial charge in [0.1, 0.15) is 0 Å². The van der Waals surface area contributed by atoms with Gasteiger partial charge >= 0.3 is 0 Å². The largest absolute Gasteiger partial charge is 0.504 e. The minimum atomic E-state index is 0.172. The van der Waals surface area contributed by atoms with Crippen molar-refractivity contribution in [2.24, 2.45) is 0 Å². The lowest BCUT2D eigenvalue weighted by atomic mass is 10.1. The molecule has 1 aliphatic rings. The molecule has 0 fully saturated rings. The quantitative estimate of drug-likeness (QED) is 0.836. The standard InChI is InChI=1S/C10H10O2.C10H12O2/c1-2-3-8-4-5-9-10(6-8)12-7-11-9;1-3-4-8-5-6-9(11)10(7-8)12-2/h2-6H,7H2,1H3;3,5-7,11H,1,4H2,2H3/b3-2+;. The summed E-state index contributed by atoms with van der Waals surface area (Å²) in [6.07, 6.45) is 6.63. The first-order valence-corrected chi connectivity index (χ1v) is 7.67. The van der Waals surface area contributed by atoms with Crippen LogP contribution in [0.1, 0.15) is 18.1 Å². The van der Waals surface area contributed by atoms with Crippen LogP contribution in [-0.4, -0.2) is 19.0 Å². The van der Waals surface area contributed by atoms with E-state index in [2.05, 4.69) is 6.58 Å². The highest BCUT2D eigenvalue weighted by atomic mass is 16.7. The van der Waals surface area contributed by atoms with Gasteiger partial charge in [-0.3, -0.25) is 0 Å². The Hall–Kier alpha value is -2.88. The Kier molecular flexibility index (Phi) is 6.32. The Morgan fingerprint density at radius 3 is 2.67 bits per heavy atom. The van der Waals surface area contributed by atoms with Crippen LogP contribution >= 0.6 is 0 Å². The summed E-state index contributed by atoms with van der Waals surface area (Å²) in [6, 6.07) is 11.2. The van der Waals surface area contributed by atoms with E-state index in [1.54, 1.807) is 12.1 Å². The molecule has 0 aliphatic carbocycles. The number of hydrogen-bond acceptors (Lipinski definition) is 4. The minimum Gasteiger partial charge on any atom is -0.504 e. The van der Waals surface area contributed by atoms with Gasteiger partial charge in [-0.2, -0.15) is 0 Å². The number of fused-ring (bicyclic) bond motifs is 1. The summed E-state index contributed by atoms with van der Waals surface area (Å²) in [5.74, 6) is 2.36. The second-order valence-corrected chi connectivity index (χ2v) is 5.11. The molecule has 0 amide bonds. The van der Waals surface area contributed by atoms with Crippen molar-refractivity contribution >= 4 is 6.08 Å². The van der Waals surface area contributed by atoms with Gasteiger partial charge in [-0.15, -0.1) is 6.58 Å². The summed E-state index contributed by atoms with van der Waals surface area (Å²) in [4.78, 5) is 0. The Morgan fingerprint density at radius 1 is 1.17 bits per heavy atom. The Morgan fingerprint density at radius 2 is 1.96 bits per heavy atom. The van der Waals surface area contributed by atoms with Crippen LogP contribution in [0.2, 0.25) is 0 Å². The molecule has 0 atom stereocenters. The predicted molar refractivity (Wildman–Crippen MR) is 95.8 cm³/mol. The Balaban J connectivity index is 0.000000174. The van der Waals surface area contributed by atoms with Gasteiger partial charge in [0.15, 0.2) is 23.0 Å². The fraction of sp³-hybridized carbons (Fsp3) is 0.200. The third kappa shape index (κ3) is 4.56. The summed E-state index contributed by atoms with van der Waals surface area (Å²) in [6.45, 7) is 5.96. The lowest BCUT2D eigenvalue weighted by molar-refractivity contribution is 0.174. The number of methoxy groups -OCH3 is 1. The smallest absolute Gasteiger partial charge is 0.231 e. The van der Waals surface area contributed by atoms with E-state index < -0.39 is 0 Å². The number of rotatable bonds is 4. The van der Waals surface area contributed by atoms with Gasteiger partial charge in [-0.1, -0.05) is 30.4 Å². The Labute approximate surface area is 142 Å². The molecule has 0 radical (unpaired) electrons. The van der Waals surface area contributed by atoms with Crippen LogP contribution in [0.4, 0.5) is 0 Å². The van der Waals surface area contributed by atoms with Crippen molar-refractivity contribution in [1.82, 2.24) is 0 Å². The second kappa shape index (κ2) is 8.67. The van der Waals surface area contributed by atoms with Gasteiger partial charge < -0.3 is 19.3 Å². The van der Waals surface area contributed by atoms with Crippen molar-refractivity contribution < 1.29 is 19.3 Å². The molecule has 2 aromatic rings. The van der Waals surface area contributed by atoms with E-state index in [0.717, 1.165) is 29.0 Å².